The molecule has 3 heteroatoms. The van der Waals surface area contributed by atoms with E-state index in [2.05, 4.69) is 33.0 Å². The zero-order valence-corrected chi connectivity index (χ0v) is 12.7. The highest BCUT2D eigenvalue weighted by molar-refractivity contribution is 5.21. The van der Waals surface area contributed by atoms with Gasteiger partial charge in [0.25, 0.3) is 0 Å². The molecule has 0 aliphatic rings. The molecule has 0 aliphatic carbocycles. The Morgan fingerprint density at radius 2 is 1.79 bits per heavy atom. The minimum Gasteiger partial charge on any atom is -0.382 e. The van der Waals surface area contributed by atoms with Gasteiger partial charge in [-0.1, -0.05) is 12.1 Å². The van der Waals surface area contributed by atoms with E-state index in [0.29, 0.717) is 5.92 Å². The Kier molecular flexibility index (Phi) is 5.95. The Hall–Kier alpha value is -0.930. The molecule has 1 aromatic carbocycles. The lowest BCUT2D eigenvalue weighted by molar-refractivity contribution is 0.103. The molecule has 1 rings (SSSR count). The summed E-state index contributed by atoms with van der Waals surface area (Å²) in [6.45, 7) is 9.37. The lowest BCUT2D eigenvalue weighted by atomic mass is 9.92. The summed E-state index contributed by atoms with van der Waals surface area (Å²) >= 11 is 0. The maximum Gasteiger partial charge on any atom is 0.123 e. The molecule has 0 saturated heterocycles. The third-order valence-corrected chi connectivity index (χ3v) is 3.24. The average Bonchev–Trinajstić information content (AvgIpc) is 2.34. The third-order valence-electron chi connectivity index (χ3n) is 3.24. The zero-order valence-electron chi connectivity index (χ0n) is 12.7. The molecule has 19 heavy (non-hydrogen) atoms. The lowest BCUT2D eigenvalue weighted by Gasteiger charge is -2.27. The van der Waals surface area contributed by atoms with Gasteiger partial charge >= 0.3 is 0 Å². The van der Waals surface area contributed by atoms with Gasteiger partial charge in [-0.25, -0.2) is 4.39 Å². The van der Waals surface area contributed by atoms with E-state index in [1.807, 2.05) is 12.1 Å². The number of nitrogens with one attached hydrogen (secondary N) is 1. The van der Waals surface area contributed by atoms with Crippen molar-refractivity contribution in [3.63, 3.8) is 0 Å². The molecule has 0 heterocycles. The van der Waals surface area contributed by atoms with Crippen LogP contribution in [0.1, 0.15) is 45.6 Å². The minimum atomic E-state index is -0.189. The fourth-order valence-corrected chi connectivity index (χ4v) is 2.00. The monoisotopic (exact) mass is 267 g/mol. The molecule has 1 N–H and O–H groups in total. The molecular weight excluding hydrogens is 241 g/mol. The van der Waals surface area contributed by atoms with Crippen LogP contribution < -0.4 is 5.32 Å². The van der Waals surface area contributed by atoms with Crippen LogP contribution in [0.2, 0.25) is 0 Å². The third kappa shape index (κ3) is 6.17. The number of methoxy groups -OCH3 is 1. The van der Waals surface area contributed by atoms with Gasteiger partial charge in [0.2, 0.25) is 0 Å². The maximum absolute atomic E-state index is 13.0. The summed E-state index contributed by atoms with van der Waals surface area (Å²) in [6, 6.07) is 6.78. The first-order chi connectivity index (χ1) is 8.81. The number of hydrogen-bond donors (Lipinski definition) is 1. The Bertz CT molecular complexity index is 369. The fraction of sp³-hybridized carbons (Fsp3) is 0.625. The van der Waals surface area contributed by atoms with Gasteiger partial charge in [0.1, 0.15) is 5.82 Å². The first-order valence-electron chi connectivity index (χ1n) is 6.85. The van der Waals surface area contributed by atoms with Crippen LogP contribution in [0, 0.1) is 5.82 Å². The second-order valence-electron chi connectivity index (χ2n) is 6.16. The number of halogens is 1. The molecule has 0 aliphatic heterocycles. The van der Waals surface area contributed by atoms with Gasteiger partial charge in [-0.05, 0) is 57.7 Å². The van der Waals surface area contributed by atoms with Crippen molar-refractivity contribution in [1.29, 1.82) is 0 Å². The largest absolute Gasteiger partial charge is 0.382 e. The van der Waals surface area contributed by atoms with E-state index in [1.165, 1.54) is 12.1 Å². The van der Waals surface area contributed by atoms with Crippen LogP contribution in [0.4, 0.5) is 4.39 Å². The van der Waals surface area contributed by atoms with Crippen molar-refractivity contribution in [1.82, 2.24) is 5.32 Å². The van der Waals surface area contributed by atoms with Crippen molar-refractivity contribution in [2.75, 3.05) is 13.7 Å². The predicted octanol–water partition coefficient (Wildman–Crippen LogP) is 3.72. The average molecular weight is 267 g/mol. The molecule has 0 saturated carbocycles. The van der Waals surface area contributed by atoms with Crippen LogP contribution in [0.3, 0.4) is 0 Å². The SMILES string of the molecule is COC(C)CC(CNC(C)(C)C)c1ccc(F)cc1. The summed E-state index contributed by atoms with van der Waals surface area (Å²) in [6.07, 6.45) is 1.11. The summed E-state index contributed by atoms with van der Waals surface area (Å²) in [5.41, 5.74) is 1.23. The highest BCUT2D eigenvalue weighted by atomic mass is 19.1. The molecular formula is C16H26FNO. The first kappa shape index (κ1) is 16.1. The van der Waals surface area contributed by atoms with Gasteiger partial charge in [0.05, 0.1) is 6.10 Å². The molecule has 0 bridgehead atoms. The number of rotatable bonds is 6. The van der Waals surface area contributed by atoms with Gasteiger partial charge in [-0.3, -0.25) is 0 Å². The van der Waals surface area contributed by atoms with Crippen LogP contribution in [-0.4, -0.2) is 25.3 Å². The first-order valence-corrected chi connectivity index (χ1v) is 6.85. The van der Waals surface area contributed by atoms with Gasteiger partial charge < -0.3 is 10.1 Å². The quantitative estimate of drug-likeness (QED) is 0.848. The molecule has 2 nitrogen and oxygen atoms in total. The van der Waals surface area contributed by atoms with E-state index >= 15 is 0 Å². The minimum absolute atomic E-state index is 0.0780. The van der Waals surface area contributed by atoms with E-state index in [9.17, 15) is 4.39 Å². The van der Waals surface area contributed by atoms with Crippen LogP contribution in [-0.2, 0) is 4.74 Å². The summed E-state index contributed by atoms with van der Waals surface area (Å²) in [5, 5.41) is 3.52. The van der Waals surface area contributed by atoms with Gasteiger partial charge in [0.15, 0.2) is 0 Å². The second kappa shape index (κ2) is 7.01. The number of hydrogen-bond acceptors (Lipinski definition) is 2. The number of ether oxygens (including phenoxy) is 1. The van der Waals surface area contributed by atoms with Crippen molar-refractivity contribution in [3.8, 4) is 0 Å². The second-order valence-corrected chi connectivity index (χ2v) is 6.16. The molecule has 2 atom stereocenters. The smallest absolute Gasteiger partial charge is 0.123 e. The van der Waals surface area contributed by atoms with E-state index in [1.54, 1.807) is 7.11 Å². The van der Waals surface area contributed by atoms with E-state index in [0.717, 1.165) is 18.5 Å². The Morgan fingerprint density at radius 3 is 2.26 bits per heavy atom. The Labute approximate surface area is 116 Å². The molecule has 0 fully saturated rings. The van der Waals surface area contributed by atoms with Gasteiger partial charge in [-0.15, -0.1) is 0 Å². The topological polar surface area (TPSA) is 21.3 Å². The van der Waals surface area contributed by atoms with Crippen LogP contribution >= 0.6 is 0 Å². The van der Waals surface area contributed by atoms with Crippen molar-refractivity contribution in [2.24, 2.45) is 0 Å². The molecule has 2 unspecified atom stereocenters. The van der Waals surface area contributed by atoms with E-state index in [-0.39, 0.29) is 17.5 Å². The van der Waals surface area contributed by atoms with Crippen molar-refractivity contribution in [3.05, 3.63) is 35.6 Å². The fourth-order valence-electron chi connectivity index (χ4n) is 2.00. The van der Waals surface area contributed by atoms with E-state index < -0.39 is 0 Å². The molecule has 0 radical (unpaired) electrons. The molecule has 0 spiro atoms. The highest BCUT2D eigenvalue weighted by Crippen LogP contribution is 2.23. The molecule has 0 amide bonds. The van der Waals surface area contributed by atoms with Crippen molar-refractivity contribution in [2.45, 2.75) is 51.7 Å². The van der Waals surface area contributed by atoms with Crippen molar-refractivity contribution < 1.29 is 9.13 Å². The predicted molar refractivity (Wildman–Crippen MR) is 78.0 cm³/mol. The van der Waals surface area contributed by atoms with E-state index in [4.69, 9.17) is 4.74 Å². The van der Waals surface area contributed by atoms with Gasteiger partial charge in [0, 0.05) is 19.2 Å². The Balaban J connectivity index is 2.76. The molecule has 0 aromatic heterocycles. The van der Waals surface area contributed by atoms with Gasteiger partial charge in [-0.2, -0.15) is 0 Å². The van der Waals surface area contributed by atoms with Crippen molar-refractivity contribution >= 4 is 0 Å². The summed E-state index contributed by atoms with van der Waals surface area (Å²) < 4.78 is 18.4. The van der Waals surface area contributed by atoms with Crippen LogP contribution in [0.25, 0.3) is 0 Å². The summed E-state index contributed by atoms with van der Waals surface area (Å²) in [4.78, 5) is 0. The highest BCUT2D eigenvalue weighted by Gasteiger charge is 2.18. The zero-order chi connectivity index (χ0) is 14.5. The standard InChI is InChI=1S/C16H26FNO/c1-12(19-5)10-14(11-18-16(2,3)4)13-6-8-15(17)9-7-13/h6-9,12,14,18H,10-11H2,1-5H3. The summed E-state index contributed by atoms with van der Waals surface area (Å²) in [5.74, 6) is 0.140. The number of benzene rings is 1. The Morgan fingerprint density at radius 1 is 1.21 bits per heavy atom. The normalized spacial score (nSPS) is 15.3. The van der Waals surface area contributed by atoms with Crippen LogP contribution in [0.5, 0.6) is 0 Å². The summed E-state index contributed by atoms with van der Waals surface area (Å²) in [7, 11) is 1.73. The molecule has 108 valence electrons. The maximum atomic E-state index is 13.0. The van der Waals surface area contributed by atoms with Crippen LogP contribution in [0.15, 0.2) is 24.3 Å². The lowest BCUT2D eigenvalue weighted by Crippen LogP contribution is -2.39. The molecule has 1 aromatic rings.